The molecular formula is C22H14F4IN2OS+. The van der Waals surface area contributed by atoms with Gasteiger partial charge in [0.05, 0.1) is 5.56 Å². The maximum absolute atomic E-state index is 15.1. The van der Waals surface area contributed by atoms with Gasteiger partial charge in [-0.3, -0.25) is 4.79 Å². The quantitative estimate of drug-likeness (QED) is 0.114. The van der Waals surface area contributed by atoms with Crippen LogP contribution < -0.4 is 0 Å². The summed E-state index contributed by atoms with van der Waals surface area (Å²) in [6.45, 7) is 0. The molecule has 0 amide bonds. The van der Waals surface area contributed by atoms with E-state index in [1.54, 1.807) is 12.3 Å². The van der Waals surface area contributed by atoms with E-state index in [9.17, 15) is 18.0 Å². The van der Waals surface area contributed by atoms with Gasteiger partial charge in [-0.2, -0.15) is 0 Å². The number of aromatic nitrogens is 2. The van der Waals surface area contributed by atoms with Gasteiger partial charge in [0.2, 0.25) is 5.78 Å². The largest absolute Gasteiger partial charge is 0.345 e. The normalized spacial score (nSPS) is 11.3. The number of thiol groups is 1. The summed E-state index contributed by atoms with van der Waals surface area (Å²) < 4.78 is 57.4. The fourth-order valence-electron chi connectivity index (χ4n) is 3.20. The van der Waals surface area contributed by atoms with Crippen molar-refractivity contribution >= 4 is 51.2 Å². The molecule has 31 heavy (non-hydrogen) atoms. The van der Waals surface area contributed by atoms with Gasteiger partial charge in [0, 0.05) is 51.2 Å². The van der Waals surface area contributed by atoms with E-state index in [1.807, 2.05) is 22.6 Å². The molecule has 2 heterocycles. The maximum atomic E-state index is 15.1. The third-order valence-electron chi connectivity index (χ3n) is 4.71. The van der Waals surface area contributed by atoms with Crippen LogP contribution >= 0.6 is 22.6 Å². The Morgan fingerprint density at radius 2 is 1.84 bits per heavy atom. The number of hydrogen-bond acceptors (Lipinski definition) is 2. The lowest BCUT2D eigenvalue weighted by atomic mass is 9.99. The first-order chi connectivity index (χ1) is 14.8. The Bertz CT molecular complexity index is 1310. The van der Waals surface area contributed by atoms with Gasteiger partial charge in [0.25, 0.3) is 0 Å². The summed E-state index contributed by atoms with van der Waals surface area (Å²) in [5.41, 5.74) is 0.0417. The summed E-state index contributed by atoms with van der Waals surface area (Å²) in [7, 11) is 0. The molecule has 9 heteroatoms. The van der Waals surface area contributed by atoms with E-state index < -0.39 is 34.6 Å². The first-order valence-corrected chi connectivity index (χ1v) is 11.3. The molecule has 0 bridgehead atoms. The number of halogens is 5. The number of pyridine rings is 1. The molecule has 0 radical (unpaired) electrons. The van der Waals surface area contributed by atoms with Crippen LogP contribution in [0.4, 0.5) is 17.6 Å². The number of hydrogen-bond donors (Lipinski definition) is 1. The van der Waals surface area contributed by atoms with Crippen LogP contribution in [0.3, 0.4) is 0 Å². The topological polar surface area (TPSA) is 45.8 Å². The van der Waals surface area contributed by atoms with Gasteiger partial charge >= 0.3 is 0 Å². The lowest BCUT2D eigenvalue weighted by molar-refractivity contribution is 0.103. The number of aromatic amines is 1. The fraction of sp³-hybridized carbons (Fsp3) is 0.0909. The highest BCUT2D eigenvalue weighted by molar-refractivity contribution is 14.1. The minimum atomic E-state index is -0.965. The molecule has 4 aromatic rings. The first-order valence-electron chi connectivity index (χ1n) is 9.12. The predicted octanol–water partition coefficient (Wildman–Crippen LogP) is 5.37. The van der Waals surface area contributed by atoms with Crippen LogP contribution in [-0.4, -0.2) is 21.5 Å². The van der Waals surface area contributed by atoms with Crippen molar-refractivity contribution in [3.05, 3.63) is 92.3 Å². The van der Waals surface area contributed by atoms with Crippen LogP contribution in [0.2, 0.25) is 0 Å². The molecule has 158 valence electrons. The number of aryl methyl sites for hydroxylation is 1. The van der Waals surface area contributed by atoms with Crippen LogP contribution in [0.25, 0.3) is 11.0 Å². The second kappa shape index (κ2) is 8.99. The Balaban J connectivity index is 1.60. The van der Waals surface area contributed by atoms with E-state index in [0.717, 1.165) is 27.8 Å². The van der Waals surface area contributed by atoms with Crippen LogP contribution in [0.1, 0.15) is 21.5 Å². The van der Waals surface area contributed by atoms with Crippen molar-refractivity contribution in [3.63, 3.8) is 0 Å². The molecule has 0 aliphatic heterocycles. The van der Waals surface area contributed by atoms with E-state index in [0.29, 0.717) is 22.8 Å². The second-order valence-corrected chi connectivity index (χ2v) is 9.20. The molecule has 0 aliphatic carbocycles. The third-order valence-corrected chi connectivity index (χ3v) is 6.43. The van der Waals surface area contributed by atoms with Crippen molar-refractivity contribution in [1.82, 2.24) is 9.97 Å². The van der Waals surface area contributed by atoms with E-state index >= 15 is 4.39 Å². The number of nitrogens with zero attached hydrogens (tertiary/aromatic N) is 1. The maximum Gasteiger partial charge on any atom is 0.201 e. The zero-order valence-corrected chi connectivity index (χ0v) is 18.8. The van der Waals surface area contributed by atoms with Crippen LogP contribution in [0.5, 0.6) is 0 Å². The van der Waals surface area contributed by atoms with Crippen molar-refractivity contribution in [2.45, 2.75) is 11.3 Å². The highest BCUT2D eigenvalue weighted by Gasteiger charge is 2.25. The molecular weight excluding hydrogens is 543 g/mol. The summed E-state index contributed by atoms with van der Waals surface area (Å²) in [5.74, 6) is -3.55. The number of rotatable bonds is 6. The summed E-state index contributed by atoms with van der Waals surface area (Å²) in [6.07, 6.45) is 3.11. The van der Waals surface area contributed by atoms with Crippen molar-refractivity contribution in [2.24, 2.45) is 0 Å². The number of carbonyl (C=O) groups is 1. The van der Waals surface area contributed by atoms with Gasteiger partial charge in [-0.05, 0) is 52.4 Å². The van der Waals surface area contributed by atoms with Crippen LogP contribution in [0.15, 0.2) is 53.7 Å². The number of fused-ring (bicyclic) bond motifs is 1. The zero-order chi connectivity index (χ0) is 22.1. The molecule has 0 saturated heterocycles. The number of benzene rings is 2. The number of carbonyl (C=O) groups excluding carboxylic acids is 1. The van der Waals surface area contributed by atoms with Gasteiger partial charge in [0.1, 0.15) is 28.9 Å². The lowest BCUT2D eigenvalue weighted by Gasteiger charge is -2.08. The van der Waals surface area contributed by atoms with Gasteiger partial charge in [-0.25, -0.2) is 22.5 Å². The molecule has 2 aromatic carbocycles. The summed E-state index contributed by atoms with van der Waals surface area (Å²) in [4.78, 5) is 20.1. The average Bonchev–Trinajstić information content (AvgIpc) is 3.15. The zero-order valence-electron chi connectivity index (χ0n) is 15.7. The average molecular weight is 557 g/mol. The third kappa shape index (κ3) is 4.47. The number of ketones is 1. The molecule has 1 N–H and O–H groups in total. The molecule has 2 aromatic heterocycles. The van der Waals surface area contributed by atoms with Gasteiger partial charge in [-0.1, -0.05) is 6.07 Å². The molecule has 0 saturated carbocycles. The van der Waals surface area contributed by atoms with E-state index in [2.05, 4.69) is 9.97 Å². The highest BCUT2D eigenvalue weighted by atomic mass is 127. The van der Waals surface area contributed by atoms with Gasteiger partial charge < -0.3 is 4.98 Å². The molecule has 0 fully saturated rings. The molecule has 0 unspecified atom stereocenters. The van der Waals surface area contributed by atoms with Crippen molar-refractivity contribution in [3.8, 4) is 0 Å². The van der Waals surface area contributed by atoms with E-state index in [1.165, 1.54) is 12.3 Å². The van der Waals surface area contributed by atoms with Crippen molar-refractivity contribution < 1.29 is 22.4 Å². The molecule has 0 atom stereocenters. The monoisotopic (exact) mass is 557 g/mol. The first kappa shape index (κ1) is 21.8. The summed E-state index contributed by atoms with van der Waals surface area (Å²) >= 11 is 2.49. The highest BCUT2D eigenvalue weighted by Crippen LogP contribution is 2.26. The minimum absolute atomic E-state index is 0.121. The Morgan fingerprint density at radius 1 is 1.06 bits per heavy atom. The molecule has 0 spiro atoms. The van der Waals surface area contributed by atoms with Crippen LogP contribution in [0, 0.1) is 26.8 Å². The molecule has 4 rings (SSSR count). The molecule has 3 nitrogen and oxygen atoms in total. The standard InChI is InChI=1S/C22H13F4IN2OS/c23-12-2-4-16(24)18(7-12)31-6-5-11-1-3-17(25)19(20(11)26)21(30)15-10-29-22-14(15)8-13(27)9-28-22/h1-4,7-10H,5-6H2,(H,28,29)/p+1. The van der Waals surface area contributed by atoms with E-state index in [4.69, 9.17) is 0 Å². The van der Waals surface area contributed by atoms with Gasteiger partial charge in [-0.15, -0.1) is 0 Å². The number of nitrogens with one attached hydrogen (secondary N) is 1. The van der Waals surface area contributed by atoms with Crippen molar-refractivity contribution in [2.75, 3.05) is 5.75 Å². The smallest absolute Gasteiger partial charge is 0.201 e. The number of H-pyrrole nitrogens is 1. The molecule has 0 aliphatic rings. The van der Waals surface area contributed by atoms with Crippen molar-refractivity contribution in [1.29, 1.82) is 0 Å². The van der Waals surface area contributed by atoms with Gasteiger partial charge in [0.15, 0.2) is 10.7 Å². The Hall–Kier alpha value is -2.40. The minimum Gasteiger partial charge on any atom is -0.345 e. The summed E-state index contributed by atoms with van der Waals surface area (Å²) in [5, 5.41) is 0.473. The Morgan fingerprint density at radius 3 is 2.65 bits per heavy atom. The predicted molar refractivity (Wildman–Crippen MR) is 121 cm³/mol. The SMILES string of the molecule is O=C(c1c(F)ccc(CC[SH+]c2cc(F)ccc2F)c1F)c1c[nH]c2ncc(I)cc12. The fourth-order valence-corrected chi connectivity index (χ4v) is 4.69. The summed E-state index contributed by atoms with van der Waals surface area (Å²) in [6, 6.07) is 7.15. The van der Waals surface area contributed by atoms with Crippen LogP contribution in [-0.2, 0) is 18.2 Å². The van der Waals surface area contributed by atoms with E-state index in [-0.39, 0.29) is 28.2 Å². The Labute approximate surface area is 192 Å². The lowest BCUT2D eigenvalue weighted by Crippen LogP contribution is -2.11. The Kier molecular flexibility index (Phi) is 6.33. The second-order valence-electron chi connectivity index (χ2n) is 6.70.